The molecule has 0 unspecified atom stereocenters. The van der Waals surface area contributed by atoms with Crippen molar-refractivity contribution >= 4 is 48.7 Å². The third kappa shape index (κ3) is 6.23. The average molecular weight is 720 g/mol. The van der Waals surface area contributed by atoms with Crippen molar-refractivity contribution in [1.82, 2.24) is 22.9 Å². The third-order valence-electron chi connectivity index (χ3n) is 9.92. The van der Waals surface area contributed by atoms with Crippen LogP contribution in [0.25, 0.3) is 33.8 Å². The maximum Gasteiger partial charge on any atom is 0.303 e. The van der Waals surface area contributed by atoms with Gasteiger partial charge in [-0.25, -0.2) is 13.1 Å². The quantitative estimate of drug-likeness (QED) is 0.272. The van der Waals surface area contributed by atoms with Gasteiger partial charge in [0, 0.05) is 55.4 Å². The number of ether oxygens (including phenoxy) is 2. The van der Waals surface area contributed by atoms with Gasteiger partial charge in [-0.1, -0.05) is 25.3 Å². The molecular formula is C36H41N5O7S2. The topological polar surface area (TPSA) is 140 Å². The molecule has 1 aliphatic carbocycles. The minimum atomic E-state index is -4.02. The molecule has 0 bridgehead atoms. The Morgan fingerprint density at radius 3 is 2.48 bits per heavy atom. The summed E-state index contributed by atoms with van der Waals surface area (Å²) in [7, 11) is -3.62. The van der Waals surface area contributed by atoms with Gasteiger partial charge in [-0.2, -0.15) is 17.0 Å². The first-order valence-electron chi connectivity index (χ1n) is 16.8. The summed E-state index contributed by atoms with van der Waals surface area (Å²) in [4.78, 5) is 18.2. The lowest BCUT2D eigenvalue weighted by Gasteiger charge is -2.27. The van der Waals surface area contributed by atoms with E-state index in [9.17, 15) is 21.6 Å². The van der Waals surface area contributed by atoms with E-state index in [0.29, 0.717) is 30.2 Å². The van der Waals surface area contributed by atoms with E-state index in [2.05, 4.69) is 14.3 Å². The molecular weight excluding hydrogens is 679 g/mol. The van der Waals surface area contributed by atoms with Gasteiger partial charge >= 0.3 is 10.2 Å². The van der Waals surface area contributed by atoms with Crippen molar-refractivity contribution in [2.45, 2.75) is 49.5 Å². The molecule has 7 rings (SSSR count). The number of fused-ring (bicyclic) bond motifs is 5. The first-order chi connectivity index (χ1) is 24.0. The Morgan fingerprint density at radius 1 is 1.00 bits per heavy atom. The summed E-state index contributed by atoms with van der Waals surface area (Å²) in [6, 6.07) is 14.5. The highest BCUT2D eigenvalue weighted by molar-refractivity contribution is 7.89. The van der Waals surface area contributed by atoms with Crippen LogP contribution in [0.3, 0.4) is 0 Å². The molecule has 1 saturated carbocycles. The Hall–Kier alpha value is -4.08. The summed E-state index contributed by atoms with van der Waals surface area (Å²) in [5, 5.41) is 0.976. The molecule has 2 fully saturated rings. The number of pyridine rings is 1. The van der Waals surface area contributed by atoms with E-state index in [4.69, 9.17) is 9.47 Å². The summed E-state index contributed by atoms with van der Waals surface area (Å²) >= 11 is 0. The van der Waals surface area contributed by atoms with Crippen molar-refractivity contribution < 1.29 is 31.1 Å². The number of allylic oxidation sites excluding steroid dienone is 1. The summed E-state index contributed by atoms with van der Waals surface area (Å²) in [6.07, 6.45) is 9.01. The minimum absolute atomic E-state index is 0.110. The molecule has 264 valence electrons. The lowest BCUT2D eigenvalue weighted by molar-refractivity contribution is 0.0730. The van der Waals surface area contributed by atoms with Crippen molar-refractivity contribution in [1.29, 1.82) is 0 Å². The maximum atomic E-state index is 14.1. The van der Waals surface area contributed by atoms with Gasteiger partial charge in [0.2, 0.25) is 10.0 Å². The predicted molar refractivity (Wildman–Crippen MR) is 192 cm³/mol. The number of hydrogen-bond acceptors (Lipinski definition) is 8. The average Bonchev–Trinajstić information content (AvgIpc) is 3.34. The summed E-state index contributed by atoms with van der Waals surface area (Å²) < 4.78 is 71.2. The van der Waals surface area contributed by atoms with Crippen molar-refractivity contribution in [3.63, 3.8) is 0 Å². The van der Waals surface area contributed by atoms with E-state index in [0.717, 1.165) is 57.7 Å². The molecule has 3 aliphatic rings. The largest absolute Gasteiger partial charge is 0.497 e. The number of carbonyl (C=O) groups excluding carboxylic acids is 1. The standard InChI is InChI=1S/C36H41N5O7S2/c1-39(2)50(45,46)38-36(42)25-11-13-30-31(22-25)41-23-27(34-32(10-7-15-37-34)49(43,44)40-16-18-48-19-17-40)20-26-21-28(47-3)12-14-29(26)35(41)33(30)24-8-5-4-6-9-24/h7,10-15,20-22,24H,4-6,8-9,16-19,23H2,1-3H3,(H,38,42). The van der Waals surface area contributed by atoms with Crippen LogP contribution in [0.2, 0.25) is 0 Å². The second-order valence-corrected chi connectivity index (χ2v) is 16.9. The zero-order chi connectivity index (χ0) is 35.2. The summed E-state index contributed by atoms with van der Waals surface area (Å²) in [5.74, 6) is 0.180. The molecule has 0 atom stereocenters. The van der Waals surface area contributed by atoms with E-state index >= 15 is 0 Å². The number of benzene rings is 2. The Balaban J connectivity index is 1.46. The number of hydrogen-bond donors (Lipinski definition) is 1. The van der Waals surface area contributed by atoms with E-state index in [1.54, 1.807) is 37.6 Å². The van der Waals surface area contributed by atoms with Crippen LogP contribution < -0.4 is 9.46 Å². The molecule has 4 aromatic rings. The first kappa shape index (κ1) is 34.4. The van der Waals surface area contributed by atoms with Crippen LogP contribution in [0.15, 0.2) is 59.6 Å². The predicted octanol–water partition coefficient (Wildman–Crippen LogP) is 4.87. The second-order valence-electron chi connectivity index (χ2n) is 13.1. The number of morpholine rings is 1. The number of carbonyl (C=O) groups is 1. The Labute approximate surface area is 292 Å². The van der Waals surface area contributed by atoms with Crippen LogP contribution in [0.5, 0.6) is 5.75 Å². The molecule has 2 aromatic heterocycles. The van der Waals surface area contributed by atoms with Crippen LogP contribution in [-0.4, -0.2) is 88.4 Å². The van der Waals surface area contributed by atoms with Crippen LogP contribution in [0.1, 0.15) is 65.2 Å². The van der Waals surface area contributed by atoms with Gasteiger partial charge in [0.25, 0.3) is 5.91 Å². The molecule has 1 amide bonds. The van der Waals surface area contributed by atoms with Gasteiger partial charge in [-0.15, -0.1) is 0 Å². The zero-order valence-electron chi connectivity index (χ0n) is 28.4. The van der Waals surface area contributed by atoms with Crippen molar-refractivity contribution in [2.75, 3.05) is 47.5 Å². The van der Waals surface area contributed by atoms with Crippen molar-refractivity contribution in [2.24, 2.45) is 0 Å². The maximum absolute atomic E-state index is 14.1. The number of sulfonamides is 1. The van der Waals surface area contributed by atoms with Gasteiger partial charge in [-0.3, -0.25) is 9.78 Å². The zero-order valence-corrected chi connectivity index (χ0v) is 30.0. The van der Waals surface area contributed by atoms with Crippen LogP contribution in [-0.2, 0) is 31.5 Å². The number of rotatable bonds is 8. The number of amides is 1. The first-order valence-corrected chi connectivity index (χ1v) is 19.7. The normalized spacial score (nSPS) is 17.6. The van der Waals surface area contributed by atoms with Crippen LogP contribution in [0.4, 0.5) is 0 Å². The van der Waals surface area contributed by atoms with Gasteiger partial charge in [0.1, 0.15) is 10.6 Å². The van der Waals surface area contributed by atoms with Gasteiger partial charge < -0.3 is 14.0 Å². The van der Waals surface area contributed by atoms with E-state index in [1.807, 2.05) is 30.3 Å². The lowest BCUT2D eigenvalue weighted by atomic mass is 9.81. The Bertz CT molecular complexity index is 2220. The Kier molecular flexibility index (Phi) is 9.33. The fourth-order valence-electron chi connectivity index (χ4n) is 7.36. The molecule has 0 radical (unpaired) electrons. The minimum Gasteiger partial charge on any atom is -0.497 e. The number of methoxy groups -OCH3 is 1. The molecule has 1 N–H and O–H groups in total. The highest BCUT2D eigenvalue weighted by atomic mass is 32.2. The molecule has 1 saturated heterocycles. The number of nitrogens with one attached hydrogen (secondary N) is 1. The molecule has 12 nitrogen and oxygen atoms in total. The smallest absolute Gasteiger partial charge is 0.303 e. The van der Waals surface area contributed by atoms with E-state index < -0.39 is 26.1 Å². The van der Waals surface area contributed by atoms with Crippen LogP contribution in [0, 0.1) is 0 Å². The van der Waals surface area contributed by atoms with Gasteiger partial charge in [0.15, 0.2) is 0 Å². The van der Waals surface area contributed by atoms with Crippen molar-refractivity contribution in [3.8, 4) is 17.0 Å². The molecule has 0 spiro atoms. The second kappa shape index (κ2) is 13.6. The fraction of sp³-hybridized carbons (Fsp3) is 0.389. The van der Waals surface area contributed by atoms with E-state index in [-0.39, 0.29) is 36.0 Å². The van der Waals surface area contributed by atoms with Crippen LogP contribution >= 0.6 is 0 Å². The molecule has 4 heterocycles. The number of aromatic nitrogens is 2. The molecule has 14 heteroatoms. The van der Waals surface area contributed by atoms with E-state index in [1.165, 1.54) is 30.4 Å². The third-order valence-corrected chi connectivity index (χ3v) is 13.3. The highest BCUT2D eigenvalue weighted by Crippen LogP contribution is 2.48. The Morgan fingerprint density at radius 2 is 1.76 bits per heavy atom. The lowest BCUT2D eigenvalue weighted by Crippen LogP contribution is -2.41. The van der Waals surface area contributed by atoms with Crippen molar-refractivity contribution in [3.05, 3.63) is 77.1 Å². The summed E-state index contributed by atoms with van der Waals surface area (Å²) in [5.41, 5.74) is 5.92. The molecule has 2 aliphatic heterocycles. The highest BCUT2D eigenvalue weighted by Gasteiger charge is 2.33. The van der Waals surface area contributed by atoms with Gasteiger partial charge in [0.05, 0.1) is 38.3 Å². The number of nitrogens with zero attached hydrogens (tertiary/aromatic N) is 4. The SMILES string of the molecule is COc1ccc2c(c1)C=C(c1ncccc1S(=O)(=O)N1CCOCC1)Cn1c-2c(C2CCCCC2)c2ccc(C(=O)NS(=O)(=O)N(C)C)cc21. The monoisotopic (exact) mass is 719 g/mol. The molecule has 2 aromatic carbocycles. The van der Waals surface area contributed by atoms with Gasteiger partial charge in [-0.05, 0) is 84.0 Å². The fourth-order valence-corrected chi connectivity index (χ4v) is 9.48. The summed E-state index contributed by atoms with van der Waals surface area (Å²) in [6.45, 7) is 1.39. The molecule has 50 heavy (non-hydrogen) atoms.